The maximum Gasteiger partial charge on any atom is 0.137 e. The molecule has 12 heteroatoms. The third kappa shape index (κ3) is 7.90. The van der Waals surface area contributed by atoms with Crippen LogP contribution in [-0.2, 0) is 13.1 Å². The predicted molar refractivity (Wildman–Crippen MR) is 227 cm³/mol. The van der Waals surface area contributed by atoms with E-state index in [4.69, 9.17) is 20.1 Å². The number of para-hydroxylation sites is 2. The highest BCUT2D eigenvalue weighted by Gasteiger charge is 2.27. The lowest BCUT2D eigenvalue weighted by Crippen LogP contribution is -2.50. The van der Waals surface area contributed by atoms with Gasteiger partial charge in [-0.3, -0.25) is 19.8 Å². The number of aromatic nitrogens is 2. The maximum atomic E-state index is 10.3. The van der Waals surface area contributed by atoms with Crippen LogP contribution >= 0.6 is 0 Å². The van der Waals surface area contributed by atoms with Gasteiger partial charge in [0.2, 0.25) is 0 Å². The van der Waals surface area contributed by atoms with Gasteiger partial charge in [0.1, 0.15) is 22.7 Å². The summed E-state index contributed by atoms with van der Waals surface area (Å²) in [6, 6.07) is 32.5. The van der Waals surface area contributed by atoms with E-state index >= 15 is 0 Å². The van der Waals surface area contributed by atoms with Crippen LogP contribution in [0.15, 0.2) is 136 Å². The summed E-state index contributed by atoms with van der Waals surface area (Å²) in [5.74, 6) is 1.63. The second-order valence-corrected chi connectivity index (χ2v) is 15.4. The van der Waals surface area contributed by atoms with Gasteiger partial charge in [-0.25, -0.2) is 0 Å². The number of likely N-dealkylation sites (tertiary alicyclic amines) is 2. The zero-order chi connectivity index (χ0) is 39.6. The van der Waals surface area contributed by atoms with E-state index in [9.17, 15) is 10.2 Å². The van der Waals surface area contributed by atoms with Crippen LogP contribution in [0.5, 0.6) is 0 Å². The molecule has 0 aliphatic carbocycles. The number of aliphatic hydroxyl groups excluding tert-OH is 2. The molecule has 2 aliphatic heterocycles. The Morgan fingerprint density at radius 1 is 0.655 bits per heavy atom. The van der Waals surface area contributed by atoms with Gasteiger partial charge in [0.05, 0.1) is 18.2 Å². The number of pyridine rings is 2. The van der Waals surface area contributed by atoms with Gasteiger partial charge in [0, 0.05) is 101 Å². The fourth-order valence-electron chi connectivity index (χ4n) is 8.25. The van der Waals surface area contributed by atoms with Crippen LogP contribution in [0.3, 0.4) is 0 Å². The minimum Gasteiger partial charge on any atom is -0.456 e. The van der Waals surface area contributed by atoms with Crippen molar-refractivity contribution in [2.24, 2.45) is 10.8 Å². The van der Waals surface area contributed by atoms with Crippen LogP contribution in [0.4, 0.5) is 0 Å². The molecule has 4 N–H and O–H groups in total. The molecule has 12 nitrogen and oxygen atoms in total. The van der Waals surface area contributed by atoms with Gasteiger partial charge in [0.15, 0.2) is 0 Å². The molecular formula is C46H44N8O4. The minimum atomic E-state index is -0.634. The van der Waals surface area contributed by atoms with Crippen molar-refractivity contribution >= 4 is 43.5 Å². The SMILES string of the molecule is N[C@@H]1CCN(Cc2ccc3cncc(-c4cc5ccccc5o4)c3c2)C[C@H]1O.[N-]=[N+]=N[C@@H]1CCN(Cc2ccc3cncc(-c4cc5ccccc5o4)c3c2)C[C@H]1O. The largest absolute Gasteiger partial charge is 0.456 e. The van der Waals surface area contributed by atoms with Gasteiger partial charge in [-0.2, -0.15) is 0 Å². The van der Waals surface area contributed by atoms with Crippen molar-refractivity contribution in [2.75, 3.05) is 26.2 Å². The first-order valence-corrected chi connectivity index (χ1v) is 19.7. The first-order chi connectivity index (χ1) is 28.4. The fourth-order valence-corrected chi connectivity index (χ4v) is 8.25. The number of rotatable bonds is 7. The van der Waals surface area contributed by atoms with E-state index in [0.717, 1.165) is 104 Å². The third-order valence-corrected chi connectivity index (χ3v) is 11.4. The summed E-state index contributed by atoms with van der Waals surface area (Å²) in [6.45, 7) is 4.31. The van der Waals surface area contributed by atoms with Gasteiger partial charge in [-0.1, -0.05) is 65.8 Å². The van der Waals surface area contributed by atoms with Crippen LogP contribution in [0.25, 0.3) is 76.6 Å². The average Bonchev–Trinajstić information content (AvgIpc) is 3.88. The number of aliphatic hydroxyl groups is 2. The molecule has 0 spiro atoms. The number of furan rings is 2. The molecule has 4 aromatic carbocycles. The minimum absolute atomic E-state index is 0.112. The number of azide groups is 1. The molecule has 10 rings (SSSR count). The fraction of sp³-hybridized carbons (Fsp3) is 0.261. The Morgan fingerprint density at radius 2 is 1.17 bits per heavy atom. The number of hydrogen-bond donors (Lipinski definition) is 3. The van der Waals surface area contributed by atoms with E-state index in [1.54, 1.807) is 0 Å². The quantitative estimate of drug-likeness (QED) is 0.0816. The molecule has 0 amide bonds. The van der Waals surface area contributed by atoms with E-state index in [0.29, 0.717) is 19.5 Å². The van der Waals surface area contributed by atoms with Crippen molar-refractivity contribution < 1.29 is 19.0 Å². The summed E-state index contributed by atoms with van der Waals surface area (Å²) in [5, 5.41) is 30.5. The molecule has 2 aliphatic rings. The third-order valence-electron chi connectivity index (χ3n) is 11.4. The molecule has 58 heavy (non-hydrogen) atoms. The number of nitrogens with two attached hydrogens (primary N) is 1. The number of β-amino-alcohol motifs (C(OH)–C–C–N with tert-alkyl or cyclic N) is 2. The van der Waals surface area contributed by atoms with Gasteiger partial charge >= 0.3 is 0 Å². The summed E-state index contributed by atoms with van der Waals surface area (Å²) in [4.78, 5) is 16.1. The number of piperidine rings is 2. The lowest BCUT2D eigenvalue weighted by molar-refractivity contribution is 0.0499. The van der Waals surface area contributed by atoms with E-state index in [1.165, 1.54) is 5.56 Å². The highest BCUT2D eigenvalue weighted by Crippen LogP contribution is 2.35. The summed E-state index contributed by atoms with van der Waals surface area (Å²) in [6.07, 6.45) is 7.85. The Hall–Kier alpha value is -6.11. The van der Waals surface area contributed by atoms with Gasteiger partial charge < -0.3 is 24.8 Å². The van der Waals surface area contributed by atoms with Crippen molar-refractivity contribution in [1.82, 2.24) is 19.8 Å². The molecule has 2 fully saturated rings. The van der Waals surface area contributed by atoms with E-state index in [2.05, 4.69) is 84.4 Å². The van der Waals surface area contributed by atoms with Gasteiger partial charge in [-0.05, 0) is 83.2 Å². The molecule has 8 aromatic rings. The zero-order valence-corrected chi connectivity index (χ0v) is 31.9. The Balaban J connectivity index is 0.000000151. The van der Waals surface area contributed by atoms with E-state index in [1.807, 2.05) is 67.3 Å². The molecule has 0 bridgehead atoms. The zero-order valence-electron chi connectivity index (χ0n) is 31.9. The van der Waals surface area contributed by atoms with Crippen molar-refractivity contribution in [3.63, 3.8) is 0 Å². The maximum absolute atomic E-state index is 10.3. The van der Waals surface area contributed by atoms with Gasteiger partial charge in [0.25, 0.3) is 0 Å². The molecule has 4 atom stereocenters. The summed E-state index contributed by atoms with van der Waals surface area (Å²) < 4.78 is 12.2. The van der Waals surface area contributed by atoms with Crippen molar-refractivity contribution in [3.8, 4) is 22.6 Å². The number of benzene rings is 4. The molecule has 2 saturated heterocycles. The Bertz CT molecular complexity index is 2710. The van der Waals surface area contributed by atoms with Crippen LogP contribution in [0.1, 0.15) is 24.0 Å². The van der Waals surface area contributed by atoms with Crippen LogP contribution in [0.2, 0.25) is 0 Å². The van der Waals surface area contributed by atoms with Crippen molar-refractivity contribution in [2.45, 2.75) is 50.2 Å². The lowest BCUT2D eigenvalue weighted by Gasteiger charge is -2.34. The smallest absolute Gasteiger partial charge is 0.137 e. The standard InChI is InChI=1S/C23H21N5O2.C23H23N3O2/c24-27-26-20-7-8-28(14-21(20)29)13-15-5-6-17-11-25-12-19(18(17)9-15)23-10-16-3-1-2-4-22(16)30-23;24-20-7-8-26(14-21(20)27)13-15-5-6-17-11-25-12-19(18(17)9-15)23-10-16-3-1-2-4-22(16)28-23/h1-6,9-12,20-21,29H,7-8,13-14H2;1-6,9-12,20-21,27H,7-8,13-14,24H2/t2*20-,21-/m11/s1. The summed E-state index contributed by atoms with van der Waals surface area (Å²) >= 11 is 0. The molecular weight excluding hydrogens is 729 g/mol. The first-order valence-electron chi connectivity index (χ1n) is 19.7. The normalized spacial score (nSPS) is 20.3. The molecule has 0 radical (unpaired) electrons. The summed E-state index contributed by atoms with van der Waals surface area (Å²) in [5.41, 5.74) is 20.6. The predicted octanol–water partition coefficient (Wildman–Crippen LogP) is 8.44. The average molecular weight is 773 g/mol. The Morgan fingerprint density at radius 3 is 1.67 bits per heavy atom. The molecule has 6 heterocycles. The first kappa shape index (κ1) is 37.5. The lowest BCUT2D eigenvalue weighted by atomic mass is 10.00. The number of hydrogen-bond acceptors (Lipinski definition) is 10. The Kier molecular flexibility index (Phi) is 10.6. The molecule has 0 saturated carbocycles. The van der Waals surface area contributed by atoms with Crippen LogP contribution < -0.4 is 5.73 Å². The monoisotopic (exact) mass is 772 g/mol. The van der Waals surface area contributed by atoms with E-state index in [-0.39, 0.29) is 12.1 Å². The molecule has 4 aromatic heterocycles. The van der Waals surface area contributed by atoms with Crippen molar-refractivity contribution in [3.05, 3.63) is 143 Å². The molecule has 0 unspecified atom stereocenters. The topological polar surface area (TPSA) is 174 Å². The number of nitrogens with zero attached hydrogens (tertiary/aromatic N) is 7. The van der Waals surface area contributed by atoms with Gasteiger partial charge in [-0.15, -0.1) is 0 Å². The second kappa shape index (κ2) is 16.4. The highest BCUT2D eigenvalue weighted by atomic mass is 16.3. The van der Waals surface area contributed by atoms with E-state index < -0.39 is 12.2 Å². The molecule has 292 valence electrons. The number of fused-ring (bicyclic) bond motifs is 4. The summed E-state index contributed by atoms with van der Waals surface area (Å²) in [7, 11) is 0. The van der Waals surface area contributed by atoms with Crippen molar-refractivity contribution in [1.29, 1.82) is 0 Å². The highest BCUT2D eigenvalue weighted by molar-refractivity contribution is 5.98. The second-order valence-electron chi connectivity index (χ2n) is 15.4. The Labute approximate surface area is 334 Å². The van der Waals surface area contributed by atoms with Crippen LogP contribution in [-0.4, -0.2) is 80.5 Å². The van der Waals surface area contributed by atoms with Crippen LogP contribution in [0, 0.1) is 0 Å².